The zero-order chi connectivity index (χ0) is 22.0. The maximum absolute atomic E-state index is 13.7. The molecule has 1 aliphatic rings. The summed E-state index contributed by atoms with van der Waals surface area (Å²) in [5.74, 6) is -1.84. The second-order valence-corrected chi connectivity index (χ2v) is 7.77. The number of halogens is 1. The second kappa shape index (κ2) is 8.79. The maximum atomic E-state index is 13.7. The van der Waals surface area contributed by atoms with Gasteiger partial charge < -0.3 is 14.7 Å². The van der Waals surface area contributed by atoms with Crippen LogP contribution < -0.4 is 0 Å². The summed E-state index contributed by atoms with van der Waals surface area (Å²) in [6.07, 6.45) is 0. The highest BCUT2D eigenvalue weighted by molar-refractivity contribution is 6.46. The number of hydrogen-bond donors (Lipinski definition) is 1. The minimum Gasteiger partial charge on any atom is -0.507 e. The van der Waals surface area contributed by atoms with E-state index >= 15 is 0 Å². The van der Waals surface area contributed by atoms with Gasteiger partial charge in [0.25, 0.3) is 11.7 Å². The van der Waals surface area contributed by atoms with E-state index in [1.807, 2.05) is 24.3 Å². The van der Waals surface area contributed by atoms with E-state index in [1.165, 1.54) is 30.2 Å². The van der Waals surface area contributed by atoms with Gasteiger partial charge >= 0.3 is 0 Å². The second-order valence-electron chi connectivity index (χ2n) is 7.77. The van der Waals surface area contributed by atoms with Crippen LogP contribution in [0.1, 0.15) is 48.1 Å². The van der Waals surface area contributed by atoms with E-state index in [4.69, 9.17) is 4.74 Å². The minimum absolute atomic E-state index is 0.000548. The van der Waals surface area contributed by atoms with Crippen LogP contribution in [-0.4, -0.2) is 42.0 Å². The van der Waals surface area contributed by atoms with Crippen LogP contribution >= 0.6 is 0 Å². The fourth-order valence-electron chi connectivity index (χ4n) is 3.66. The van der Waals surface area contributed by atoms with Crippen LogP contribution in [0, 0.1) is 12.7 Å². The number of amides is 1. The smallest absolute Gasteiger partial charge is 0.295 e. The number of Topliss-reactive ketones (excluding diaryl/α,β-unsaturated/α-hetero) is 1. The third-order valence-electron chi connectivity index (χ3n) is 5.43. The molecule has 0 bridgehead atoms. The van der Waals surface area contributed by atoms with Crippen molar-refractivity contribution >= 4 is 17.4 Å². The van der Waals surface area contributed by atoms with E-state index in [2.05, 4.69) is 13.8 Å². The molecule has 0 aliphatic carbocycles. The molecule has 1 N–H and O–H groups in total. The third kappa shape index (κ3) is 4.00. The van der Waals surface area contributed by atoms with Gasteiger partial charge in [0.2, 0.25) is 0 Å². The van der Waals surface area contributed by atoms with Crippen molar-refractivity contribution < 1.29 is 23.8 Å². The largest absolute Gasteiger partial charge is 0.507 e. The van der Waals surface area contributed by atoms with Crippen LogP contribution in [0.4, 0.5) is 4.39 Å². The predicted octanol–water partition coefficient (Wildman–Crippen LogP) is 4.33. The van der Waals surface area contributed by atoms with Gasteiger partial charge in [0.15, 0.2) is 0 Å². The standard InChI is InChI=1S/C24H26FNO4/c1-14(2)16-5-7-17(8-6-16)21-20(23(28)24(29)26(21)11-12-30-4)22(27)18-9-10-19(25)15(3)13-18/h5-10,13-14,21,27H,11-12H2,1-4H3/b22-20-. The molecule has 1 amide bonds. The summed E-state index contributed by atoms with van der Waals surface area (Å²) < 4.78 is 18.8. The van der Waals surface area contributed by atoms with Crippen molar-refractivity contribution in [2.75, 3.05) is 20.3 Å². The number of rotatable bonds is 6. The molecule has 3 rings (SSSR count). The first-order valence-corrected chi connectivity index (χ1v) is 9.90. The molecule has 158 valence electrons. The molecule has 5 nitrogen and oxygen atoms in total. The summed E-state index contributed by atoms with van der Waals surface area (Å²) in [6, 6.07) is 11.0. The highest BCUT2D eigenvalue weighted by Gasteiger charge is 2.45. The number of ketones is 1. The highest BCUT2D eigenvalue weighted by Crippen LogP contribution is 2.39. The molecule has 2 aromatic carbocycles. The van der Waals surface area contributed by atoms with Gasteiger partial charge in [0, 0.05) is 19.2 Å². The van der Waals surface area contributed by atoms with Crippen molar-refractivity contribution in [3.05, 3.63) is 76.1 Å². The number of nitrogens with zero attached hydrogens (tertiary/aromatic N) is 1. The summed E-state index contributed by atoms with van der Waals surface area (Å²) in [7, 11) is 1.52. The zero-order valence-electron chi connectivity index (χ0n) is 17.6. The molecule has 1 aliphatic heterocycles. The topological polar surface area (TPSA) is 66.8 Å². The van der Waals surface area contributed by atoms with E-state index in [9.17, 15) is 19.1 Å². The van der Waals surface area contributed by atoms with Gasteiger partial charge in [-0.05, 0) is 47.7 Å². The molecular weight excluding hydrogens is 385 g/mol. The van der Waals surface area contributed by atoms with Crippen LogP contribution in [0.5, 0.6) is 0 Å². The monoisotopic (exact) mass is 411 g/mol. The van der Waals surface area contributed by atoms with Gasteiger partial charge in [0.05, 0.1) is 18.2 Å². The Hall–Kier alpha value is -2.99. The maximum Gasteiger partial charge on any atom is 0.295 e. The average molecular weight is 411 g/mol. The fourth-order valence-corrected chi connectivity index (χ4v) is 3.66. The van der Waals surface area contributed by atoms with Crippen LogP contribution in [0.2, 0.25) is 0 Å². The molecule has 30 heavy (non-hydrogen) atoms. The molecule has 0 spiro atoms. The lowest BCUT2D eigenvalue weighted by Gasteiger charge is -2.25. The molecule has 0 saturated carbocycles. The highest BCUT2D eigenvalue weighted by atomic mass is 19.1. The summed E-state index contributed by atoms with van der Waals surface area (Å²) in [5.41, 5.74) is 2.48. The average Bonchev–Trinajstić information content (AvgIpc) is 2.98. The van der Waals surface area contributed by atoms with Crippen molar-refractivity contribution in [3.63, 3.8) is 0 Å². The first-order valence-electron chi connectivity index (χ1n) is 9.90. The molecule has 1 saturated heterocycles. The van der Waals surface area contributed by atoms with E-state index in [0.717, 1.165) is 11.1 Å². The van der Waals surface area contributed by atoms with Crippen LogP contribution in [0.15, 0.2) is 48.0 Å². The number of aliphatic hydroxyl groups is 1. The van der Waals surface area contributed by atoms with Gasteiger partial charge in [-0.2, -0.15) is 0 Å². The van der Waals surface area contributed by atoms with Gasteiger partial charge in [-0.3, -0.25) is 9.59 Å². The SMILES string of the molecule is COCCN1C(=O)C(=O)/C(=C(\O)c2ccc(F)c(C)c2)C1c1ccc(C(C)C)cc1. The quantitative estimate of drug-likeness (QED) is 0.437. The Labute approximate surface area is 175 Å². The summed E-state index contributed by atoms with van der Waals surface area (Å²) in [6.45, 7) is 6.19. The molecule has 1 atom stereocenters. The Morgan fingerprint density at radius 2 is 1.83 bits per heavy atom. The molecule has 0 radical (unpaired) electrons. The zero-order valence-corrected chi connectivity index (χ0v) is 17.6. The van der Waals surface area contributed by atoms with Crippen molar-refractivity contribution in [1.82, 2.24) is 4.90 Å². The molecule has 1 heterocycles. The Bertz CT molecular complexity index is 995. The lowest BCUT2D eigenvalue weighted by molar-refractivity contribution is -0.140. The molecule has 1 fully saturated rings. The molecule has 6 heteroatoms. The number of hydrogen-bond acceptors (Lipinski definition) is 4. The van der Waals surface area contributed by atoms with Crippen LogP contribution in [-0.2, 0) is 14.3 Å². The number of ether oxygens (including phenoxy) is 1. The van der Waals surface area contributed by atoms with Crippen molar-refractivity contribution in [2.24, 2.45) is 0 Å². The number of carbonyl (C=O) groups excluding carboxylic acids is 2. The van der Waals surface area contributed by atoms with E-state index in [-0.39, 0.29) is 24.5 Å². The Morgan fingerprint density at radius 1 is 1.17 bits per heavy atom. The van der Waals surface area contributed by atoms with Gasteiger partial charge in [-0.15, -0.1) is 0 Å². The molecular formula is C24H26FNO4. The Kier molecular flexibility index (Phi) is 6.37. The van der Waals surface area contributed by atoms with Gasteiger partial charge in [0.1, 0.15) is 11.6 Å². The van der Waals surface area contributed by atoms with Gasteiger partial charge in [-0.1, -0.05) is 38.1 Å². The molecule has 2 aromatic rings. The summed E-state index contributed by atoms with van der Waals surface area (Å²) >= 11 is 0. The van der Waals surface area contributed by atoms with E-state index in [1.54, 1.807) is 6.92 Å². The number of likely N-dealkylation sites (tertiary alicyclic amines) is 1. The summed E-state index contributed by atoms with van der Waals surface area (Å²) in [4.78, 5) is 27.0. The Morgan fingerprint density at radius 3 is 2.40 bits per heavy atom. The molecule has 0 aromatic heterocycles. The number of aliphatic hydroxyl groups excluding tert-OH is 1. The number of aryl methyl sites for hydroxylation is 1. The first kappa shape index (κ1) is 21.7. The van der Waals surface area contributed by atoms with E-state index in [0.29, 0.717) is 17.0 Å². The van der Waals surface area contributed by atoms with Crippen molar-refractivity contribution in [1.29, 1.82) is 0 Å². The first-order chi connectivity index (χ1) is 14.3. The predicted molar refractivity (Wildman–Crippen MR) is 113 cm³/mol. The number of benzene rings is 2. The normalized spacial score (nSPS) is 18.5. The number of carbonyl (C=O) groups is 2. The van der Waals surface area contributed by atoms with Crippen molar-refractivity contribution in [2.45, 2.75) is 32.7 Å². The summed E-state index contributed by atoms with van der Waals surface area (Å²) in [5, 5.41) is 11.0. The minimum atomic E-state index is -0.761. The van der Waals surface area contributed by atoms with E-state index < -0.39 is 23.5 Å². The lowest BCUT2D eigenvalue weighted by atomic mass is 9.93. The van der Waals surface area contributed by atoms with Crippen LogP contribution in [0.3, 0.4) is 0 Å². The fraction of sp³-hybridized carbons (Fsp3) is 0.333. The lowest BCUT2D eigenvalue weighted by Crippen LogP contribution is -2.32. The Balaban J connectivity index is 2.15. The van der Waals surface area contributed by atoms with Crippen molar-refractivity contribution in [3.8, 4) is 0 Å². The third-order valence-corrected chi connectivity index (χ3v) is 5.43. The molecule has 1 unspecified atom stereocenters. The van der Waals surface area contributed by atoms with Crippen LogP contribution in [0.25, 0.3) is 5.76 Å². The number of methoxy groups -OCH3 is 1. The van der Waals surface area contributed by atoms with Gasteiger partial charge in [-0.25, -0.2) is 4.39 Å².